The van der Waals surface area contributed by atoms with Gasteiger partial charge in [0.1, 0.15) is 5.76 Å². The number of nitrogens with zero attached hydrogens (tertiary/aromatic N) is 2. The first kappa shape index (κ1) is 20.0. The zero-order valence-corrected chi connectivity index (χ0v) is 17.4. The summed E-state index contributed by atoms with van der Waals surface area (Å²) in [6, 6.07) is 20.3. The van der Waals surface area contributed by atoms with Gasteiger partial charge in [-0.1, -0.05) is 54.2 Å². The van der Waals surface area contributed by atoms with Crippen molar-refractivity contribution in [2.45, 2.75) is 23.9 Å². The van der Waals surface area contributed by atoms with E-state index in [9.17, 15) is 9.59 Å². The van der Waals surface area contributed by atoms with Gasteiger partial charge in [0.15, 0.2) is 5.16 Å². The van der Waals surface area contributed by atoms with E-state index in [0.717, 1.165) is 5.56 Å². The Morgan fingerprint density at radius 3 is 2.60 bits per heavy atom. The van der Waals surface area contributed by atoms with Crippen molar-refractivity contribution >= 4 is 28.6 Å². The van der Waals surface area contributed by atoms with Crippen LogP contribution in [0.2, 0.25) is 0 Å². The molecule has 4 aromatic rings. The summed E-state index contributed by atoms with van der Waals surface area (Å²) in [4.78, 5) is 29.7. The standard InChI is InChI=1S/C23H20N2O4S/c1-15(16-8-4-3-5-9-16)25-21(26)18-10-6-7-11-19(18)24-23(25)30-14-17-12-13-20(29-17)22(27)28-2/h3-13,15H,14H2,1-2H3/t15-/m1/s1. The summed E-state index contributed by atoms with van der Waals surface area (Å²) < 4.78 is 11.9. The Balaban J connectivity index is 1.73. The van der Waals surface area contributed by atoms with E-state index in [1.807, 2.05) is 55.5 Å². The van der Waals surface area contributed by atoms with Gasteiger partial charge in [-0.25, -0.2) is 9.78 Å². The molecule has 0 saturated carbocycles. The summed E-state index contributed by atoms with van der Waals surface area (Å²) in [6.07, 6.45) is 0. The van der Waals surface area contributed by atoms with Crippen LogP contribution in [0.15, 0.2) is 81.1 Å². The van der Waals surface area contributed by atoms with Gasteiger partial charge in [0.2, 0.25) is 5.76 Å². The third kappa shape index (κ3) is 3.89. The van der Waals surface area contributed by atoms with Crippen molar-refractivity contribution in [3.05, 3.63) is 94.2 Å². The minimum atomic E-state index is -0.523. The number of rotatable bonds is 6. The van der Waals surface area contributed by atoms with Crippen LogP contribution in [0.1, 0.15) is 34.8 Å². The zero-order valence-electron chi connectivity index (χ0n) is 16.6. The average Bonchev–Trinajstić information content (AvgIpc) is 3.26. The summed E-state index contributed by atoms with van der Waals surface area (Å²) in [5, 5.41) is 1.17. The largest absolute Gasteiger partial charge is 0.463 e. The maximum atomic E-state index is 13.3. The molecular formula is C23H20N2O4S. The first-order valence-electron chi connectivity index (χ1n) is 9.44. The fourth-order valence-corrected chi connectivity index (χ4v) is 4.22. The number of para-hydroxylation sites is 1. The number of furan rings is 1. The van der Waals surface area contributed by atoms with Gasteiger partial charge in [-0.15, -0.1) is 0 Å². The molecule has 0 unspecified atom stereocenters. The number of aromatic nitrogens is 2. The smallest absolute Gasteiger partial charge is 0.373 e. The molecule has 2 heterocycles. The van der Waals surface area contributed by atoms with Crippen LogP contribution in [0.25, 0.3) is 10.9 Å². The highest BCUT2D eigenvalue weighted by atomic mass is 32.2. The number of methoxy groups -OCH3 is 1. The molecule has 0 bridgehead atoms. The lowest BCUT2D eigenvalue weighted by Gasteiger charge is -2.19. The van der Waals surface area contributed by atoms with Crippen molar-refractivity contribution in [1.82, 2.24) is 9.55 Å². The molecule has 152 valence electrons. The fourth-order valence-electron chi connectivity index (χ4n) is 3.25. The molecule has 0 radical (unpaired) electrons. The Labute approximate surface area is 177 Å². The van der Waals surface area contributed by atoms with E-state index >= 15 is 0 Å². The molecule has 7 heteroatoms. The fraction of sp³-hybridized carbons (Fsp3) is 0.174. The average molecular weight is 420 g/mol. The normalized spacial score (nSPS) is 12.1. The third-order valence-electron chi connectivity index (χ3n) is 4.84. The quantitative estimate of drug-likeness (QED) is 0.256. The molecule has 0 aliphatic heterocycles. The zero-order chi connectivity index (χ0) is 21.1. The number of thioether (sulfide) groups is 1. The van der Waals surface area contributed by atoms with E-state index in [2.05, 4.69) is 4.74 Å². The summed E-state index contributed by atoms with van der Waals surface area (Å²) in [5.74, 6) is 0.643. The molecule has 0 amide bonds. The molecule has 0 saturated heterocycles. The minimum absolute atomic E-state index is 0.0888. The van der Waals surface area contributed by atoms with Crippen molar-refractivity contribution in [3.8, 4) is 0 Å². The minimum Gasteiger partial charge on any atom is -0.463 e. The summed E-state index contributed by atoms with van der Waals surface area (Å²) in [7, 11) is 1.31. The lowest BCUT2D eigenvalue weighted by atomic mass is 10.1. The van der Waals surface area contributed by atoms with E-state index in [1.165, 1.54) is 18.9 Å². The highest BCUT2D eigenvalue weighted by Gasteiger charge is 2.19. The maximum absolute atomic E-state index is 13.3. The van der Waals surface area contributed by atoms with E-state index in [-0.39, 0.29) is 17.4 Å². The van der Waals surface area contributed by atoms with Crippen LogP contribution in [0, 0.1) is 0 Å². The van der Waals surface area contributed by atoms with E-state index < -0.39 is 5.97 Å². The van der Waals surface area contributed by atoms with Crippen LogP contribution in [0.5, 0.6) is 0 Å². The highest BCUT2D eigenvalue weighted by Crippen LogP contribution is 2.27. The van der Waals surface area contributed by atoms with Gasteiger partial charge in [-0.05, 0) is 36.8 Å². The predicted octanol–water partition coefficient (Wildman–Crippen LogP) is 4.68. The van der Waals surface area contributed by atoms with E-state index in [4.69, 9.17) is 9.40 Å². The van der Waals surface area contributed by atoms with Gasteiger partial charge in [0, 0.05) is 0 Å². The third-order valence-corrected chi connectivity index (χ3v) is 5.81. The van der Waals surface area contributed by atoms with Gasteiger partial charge in [0.25, 0.3) is 5.56 Å². The number of fused-ring (bicyclic) bond motifs is 1. The van der Waals surface area contributed by atoms with Crippen molar-refractivity contribution in [2.75, 3.05) is 7.11 Å². The Hall–Kier alpha value is -3.32. The predicted molar refractivity (Wildman–Crippen MR) is 116 cm³/mol. The molecule has 6 nitrogen and oxygen atoms in total. The monoisotopic (exact) mass is 420 g/mol. The Bertz CT molecular complexity index is 1250. The molecule has 4 rings (SSSR count). The van der Waals surface area contributed by atoms with E-state index in [1.54, 1.807) is 22.8 Å². The Kier molecular flexibility index (Phi) is 5.72. The summed E-state index contributed by atoms with van der Waals surface area (Å²) in [5.41, 5.74) is 1.58. The lowest BCUT2D eigenvalue weighted by Crippen LogP contribution is -2.27. The SMILES string of the molecule is COC(=O)c1ccc(CSc2nc3ccccc3c(=O)n2[C@H](C)c2ccccc2)o1. The molecule has 0 N–H and O–H groups in total. The molecule has 1 atom stereocenters. The second-order valence-electron chi connectivity index (χ2n) is 6.72. The van der Waals surface area contributed by atoms with Crippen molar-refractivity contribution in [3.63, 3.8) is 0 Å². The van der Waals surface area contributed by atoms with Crippen LogP contribution in [0.4, 0.5) is 0 Å². The number of hydrogen-bond donors (Lipinski definition) is 0. The van der Waals surface area contributed by atoms with Gasteiger partial charge >= 0.3 is 5.97 Å². The molecule has 0 fully saturated rings. The molecule has 2 aromatic carbocycles. The van der Waals surface area contributed by atoms with Gasteiger partial charge in [-0.3, -0.25) is 9.36 Å². The maximum Gasteiger partial charge on any atom is 0.373 e. The van der Waals surface area contributed by atoms with Crippen LogP contribution < -0.4 is 5.56 Å². The lowest BCUT2D eigenvalue weighted by molar-refractivity contribution is 0.0563. The number of ether oxygens (including phenoxy) is 1. The van der Waals surface area contributed by atoms with Crippen LogP contribution >= 0.6 is 11.8 Å². The van der Waals surface area contributed by atoms with Gasteiger partial charge in [0.05, 0.1) is 29.8 Å². The molecule has 2 aromatic heterocycles. The number of benzene rings is 2. The number of esters is 1. The van der Waals surface area contributed by atoms with Crippen LogP contribution in [0.3, 0.4) is 0 Å². The number of carbonyl (C=O) groups is 1. The van der Waals surface area contributed by atoms with Gasteiger partial charge < -0.3 is 9.15 Å². The second-order valence-corrected chi connectivity index (χ2v) is 7.66. The molecule has 0 aliphatic rings. The number of hydrogen-bond acceptors (Lipinski definition) is 6. The molecular weight excluding hydrogens is 400 g/mol. The molecule has 30 heavy (non-hydrogen) atoms. The summed E-state index contributed by atoms with van der Waals surface area (Å²) in [6.45, 7) is 1.99. The van der Waals surface area contributed by atoms with E-state index in [0.29, 0.717) is 27.6 Å². The first-order chi connectivity index (χ1) is 14.6. The number of carbonyl (C=O) groups excluding carboxylic acids is 1. The van der Waals surface area contributed by atoms with Crippen molar-refractivity contribution in [1.29, 1.82) is 0 Å². The molecule has 0 spiro atoms. The second kappa shape index (κ2) is 8.59. The van der Waals surface area contributed by atoms with Crippen LogP contribution in [-0.2, 0) is 10.5 Å². The topological polar surface area (TPSA) is 74.3 Å². The van der Waals surface area contributed by atoms with Gasteiger partial charge in [-0.2, -0.15) is 0 Å². The Morgan fingerprint density at radius 2 is 1.83 bits per heavy atom. The highest BCUT2D eigenvalue weighted by molar-refractivity contribution is 7.98. The van der Waals surface area contributed by atoms with Crippen molar-refractivity contribution < 1.29 is 13.9 Å². The first-order valence-corrected chi connectivity index (χ1v) is 10.4. The van der Waals surface area contributed by atoms with Crippen molar-refractivity contribution in [2.24, 2.45) is 0 Å². The van der Waals surface area contributed by atoms with Crippen LogP contribution in [-0.4, -0.2) is 22.6 Å². The Morgan fingerprint density at radius 1 is 1.10 bits per heavy atom. The summed E-state index contributed by atoms with van der Waals surface area (Å²) >= 11 is 1.39. The molecule has 0 aliphatic carbocycles.